The van der Waals surface area contributed by atoms with Crippen LogP contribution in [0, 0.1) is 5.92 Å². The first kappa shape index (κ1) is 13.1. The molecule has 0 aromatic heterocycles. The molecule has 0 bridgehead atoms. The summed E-state index contributed by atoms with van der Waals surface area (Å²) in [5, 5.41) is 1.26. The van der Waals surface area contributed by atoms with Crippen LogP contribution in [0.4, 0.5) is 0 Å². The number of hydrazine groups is 1. The zero-order chi connectivity index (χ0) is 12.3. The van der Waals surface area contributed by atoms with E-state index in [2.05, 4.69) is 5.43 Å². The third-order valence-corrected chi connectivity index (χ3v) is 3.53. The Kier molecular flexibility index (Phi) is 4.65. The van der Waals surface area contributed by atoms with E-state index in [0.29, 0.717) is 16.0 Å². The molecule has 0 radical (unpaired) electrons. The predicted octanol–water partition coefficient (Wildman–Crippen LogP) is 2.92. The topological polar surface area (TPSA) is 47.3 Å². The average Bonchev–Trinajstić information content (AvgIpc) is 2.30. The standard InChI is InChI=1S/C12H16Cl2N2O/c13-10-4-9(5-11(14)6-10)12(16-15)8-2-1-3-17-7-8/h4-6,8,12,16H,1-3,7,15H2. The smallest absolute Gasteiger partial charge is 0.0513 e. The molecule has 1 heterocycles. The molecule has 1 saturated heterocycles. The van der Waals surface area contributed by atoms with E-state index in [1.54, 1.807) is 6.07 Å². The first-order valence-corrected chi connectivity index (χ1v) is 6.46. The average molecular weight is 275 g/mol. The van der Waals surface area contributed by atoms with Crippen LogP contribution >= 0.6 is 23.2 Å². The summed E-state index contributed by atoms with van der Waals surface area (Å²) in [6, 6.07) is 5.54. The molecule has 17 heavy (non-hydrogen) atoms. The number of rotatable bonds is 3. The molecule has 94 valence electrons. The number of benzene rings is 1. The molecule has 1 aromatic carbocycles. The van der Waals surface area contributed by atoms with E-state index in [4.69, 9.17) is 33.8 Å². The monoisotopic (exact) mass is 274 g/mol. The third kappa shape index (κ3) is 3.33. The Morgan fingerprint density at radius 3 is 2.53 bits per heavy atom. The lowest BCUT2D eigenvalue weighted by Gasteiger charge is -2.30. The van der Waals surface area contributed by atoms with Crippen LogP contribution < -0.4 is 11.3 Å². The van der Waals surface area contributed by atoms with Crippen LogP contribution in [-0.4, -0.2) is 13.2 Å². The maximum absolute atomic E-state index is 6.01. The molecular weight excluding hydrogens is 259 g/mol. The lowest BCUT2D eigenvalue weighted by atomic mass is 9.89. The van der Waals surface area contributed by atoms with E-state index in [1.165, 1.54) is 0 Å². The van der Waals surface area contributed by atoms with E-state index in [0.717, 1.165) is 31.6 Å². The minimum atomic E-state index is 0.0338. The summed E-state index contributed by atoms with van der Waals surface area (Å²) in [6.45, 7) is 1.56. The predicted molar refractivity (Wildman–Crippen MR) is 70.1 cm³/mol. The molecule has 0 spiro atoms. The van der Waals surface area contributed by atoms with Gasteiger partial charge in [-0.2, -0.15) is 0 Å². The number of hydrogen-bond acceptors (Lipinski definition) is 3. The van der Waals surface area contributed by atoms with Crippen molar-refractivity contribution < 1.29 is 4.74 Å². The van der Waals surface area contributed by atoms with Gasteiger partial charge in [-0.05, 0) is 36.6 Å². The second-order valence-electron chi connectivity index (χ2n) is 4.32. The van der Waals surface area contributed by atoms with Gasteiger partial charge in [-0.15, -0.1) is 0 Å². The second kappa shape index (κ2) is 6.03. The fourth-order valence-corrected chi connectivity index (χ4v) is 2.83. The Morgan fingerprint density at radius 1 is 1.29 bits per heavy atom. The summed E-state index contributed by atoms with van der Waals surface area (Å²) >= 11 is 12.0. The Labute approximate surface area is 111 Å². The number of nitrogens with two attached hydrogens (primary N) is 1. The molecule has 1 aromatic rings. The third-order valence-electron chi connectivity index (χ3n) is 3.09. The van der Waals surface area contributed by atoms with Crippen LogP contribution in [-0.2, 0) is 4.74 Å². The summed E-state index contributed by atoms with van der Waals surface area (Å²) in [7, 11) is 0. The highest BCUT2D eigenvalue weighted by Crippen LogP contribution is 2.31. The quantitative estimate of drug-likeness (QED) is 0.658. The molecule has 1 fully saturated rings. The first-order chi connectivity index (χ1) is 8.20. The number of nitrogens with one attached hydrogen (secondary N) is 1. The highest BCUT2D eigenvalue weighted by atomic mass is 35.5. The van der Waals surface area contributed by atoms with Gasteiger partial charge in [0.25, 0.3) is 0 Å². The lowest BCUT2D eigenvalue weighted by Crippen LogP contribution is -2.37. The maximum atomic E-state index is 6.01. The van der Waals surface area contributed by atoms with Gasteiger partial charge in [0.05, 0.1) is 12.6 Å². The van der Waals surface area contributed by atoms with Gasteiger partial charge in [-0.25, -0.2) is 0 Å². The molecule has 3 nitrogen and oxygen atoms in total. The van der Waals surface area contributed by atoms with E-state index < -0.39 is 0 Å². The van der Waals surface area contributed by atoms with Gasteiger partial charge in [0, 0.05) is 22.6 Å². The van der Waals surface area contributed by atoms with Crippen molar-refractivity contribution in [3.8, 4) is 0 Å². The van der Waals surface area contributed by atoms with Crippen molar-refractivity contribution in [2.24, 2.45) is 11.8 Å². The van der Waals surface area contributed by atoms with Gasteiger partial charge in [0.1, 0.15) is 0 Å². The minimum absolute atomic E-state index is 0.0338. The van der Waals surface area contributed by atoms with E-state index >= 15 is 0 Å². The van der Waals surface area contributed by atoms with Crippen molar-refractivity contribution in [1.29, 1.82) is 0 Å². The first-order valence-electron chi connectivity index (χ1n) is 5.70. The van der Waals surface area contributed by atoms with E-state index in [-0.39, 0.29) is 6.04 Å². The summed E-state index contributed by atoms with van der Waals surface area (Å²) in [6.07, 6.45) is 2.16. The van der Waals surface area contributed by atoms with E-state index in [9.17, 15) is 0 Å². The van der Waals surface area contributed by atoms with Crippen molar-refractivity contribution in [2.45, 2.75) is 18.9 Å². The maximum Gasteiger partial charge on any atom is 0.0513 e. The largest absolute Gasteiger partial charge is 0.381 e. The van der Waals surface area contributed by atoms with Crippen LogP contribution in [0.3, 0.4) is 0 Å². The van der Waals surface area contributed by atoms with Crippen LogP contribution in [0.25, 0.3) is 0 Å². The zero-order valence-electron chi connectivity index (χ0n) is 9.46. The van der Waals surface area contributed by atoms with Crippen molar-refractivity contribution >= 4 is 23.2 Å². The number of hydrogen-bond donors (Lipinski definition) is 2. The van der Waals surface area contributed by atoms with Crippen molar-refractivity contribution in [2.75, 3.05) is 13.2 Å². The van der Waals surface area contributed by atoms with Crippen molar-refractivity contribution in [1.82, 2.24) is 5.43 Å². The zero-order valence-corrected chi connectivity index (χ0v) is 11.0. The number of halogens is 2. The van der Waals surface area contributed by atoms with Gasteiger partial charge in [-0.3, -0.25) is 11.3 Å². The highest BCUT2D eigenvalue weighted by Gasteiger charge is 2.25. The van der Waals surface area contributed by atoms with E-state index in [1.807, 2.05) is 12.1 Å². The molecule has 2 atom stereocenters. The normalized spacial score (nSPS) is 22.4. The molecule has 1 aliphatic heterocycles. The van der Waals surface area contributed by atoms with Crippen molar-refractivity contribution in [3.05, 3.63) is 33.8 Å². The number of ether oxygens (including phenoxy) is 1. The highest BCUT2D eigenvalue weighted by molar-refractivity contribution is 6.34. The summed E-state index contributed by atoms with van der Waals surface area (Å²) in [4.78, 5) is 0. The molecule has 2 rings (SSSR count). The molecule has 2 unspecified atom stereocenters. The van der Waals surface area contributed by atoms with Gasteiger partial charge in [0.15, 0.2) is 0 Å². The molecular formula is C12H16Cl2N2O. The van der Waals surface area contributed by atoms with Crippen LogP contribution in [0.15, 0.2) is 18.2 Å². The Morgan fingerprint density at radius 2 is 2.00 bits per heavy atom. The molecule has 3 N–H and O–H groups in total. The fourth-order valence-electron chi connectivity index (χ4n) is 2.29. The molecule has 1 aliphatic rings. The molecule has 0 amide bonds. The van der Waals surface area contributed by atoms with Crippen LogP contribution in [0.1, 0.15) is 24.4 Å². The van der Waals surface area contributed by atoms with Gasteiger partial charge >= 0.3 is 0 Å². The summed E-state index contributed by atoms with van der Waals surface area (Å²) in [5.41, 5.74) is 3.86. The molecule has 5 heteroatoms. The van der Waals surface area contributed by atoms with Crippen LogP contribution in [0.5, 0.6) is 0 Å². The Balaban J connectivity index is 2.21. The van der Waals surface area contributed by atoms with Gasteiger partial charge < -0.3 is 4.74 Å². The summed E-state index contributed by atoms with van der Waals surface area (Å²) < 4.78 is 5.49. The lowest BCUT2D eigenvalue weighted by molar-refractivity contribution is 0.0390. The minimum Gasteiger partial charge on any atom is -0.381 e. The van der Waals surface area contributed by atoms with Crippen LogP contribution in [0.2, 0.25) is 10.0 Å². The Bertz CT molecular complexity index is 361. The molecule has 0 aliphatic carbocycles. The van der Waals surface area contributed by atoms with Crippen molar-refractivity contribution in [3.63, 3.8) is 0 Å². The van der Waals surface area contributed by atoms with Gasteiger partial charge in [-0.1, -0.05) is 23.2 Å². The second-order valence-corrected chi connectivity index (χ2v) is 5.20. The summed E-state index contributed by atoms with van der Waals surface area (Å²) in [5.74, 6) is 6.01. The Hall–Kier alpha value is -0.320. The fraction of sp³-hybridized carbons (Fsp3) is 0.500. The van der Waals surface area contributed by atoms with Gasteiger partial charge in [0.2, 0.25) is 0 Å². The SMILES string of the molecule is NNC(c1cc(Cl)cc(Cl)c1)C1CCCOC1. The molecule has 0 saturated carbocycles.